The summed E-state index contributed by atoms with van der Waals surface area (Å²) < 4.78 is 14.7. The summed E-state index contributed by atoms with van der Waals surface area (Å²) in [7, 11) is 0. The molecule has 1 aromatic heterocycles. The number of benzene rings is 2. The number of nitrogens with zero attached hydrogens (tertiary/aromatic N) is 2. The first-order chi connectivity index (χ1) is 9.67. The Balaban J connectivity index is 2.04. The topological polar surface area (TPSA) is 60.9 Å². The maximum Gasteiger partial charge on any atom is 0.201 e. The van der Waals surface area contributed by atoms with E-state index in [9.17, 15) is 9.18 Å². The molecule has 0 saturated carbocycles. The van der Waals surface area contributed by atoms with Gasteiger partial charge in [-0.25, -0.2) is 9.37 Å². The number of hydrogen-bond donors (Lipinski definition) is 1. The van der Waals surface area contributed by atoms with E-state index in [4.69, 9.17) is 5.73 Å². The van der Waals surface area contributed by atoms with Gasteiger partial charge in [0.15, 0.2) is 0 Å². The van der Waals surface area contributed by atoms with Crippen LogP contribution in [-0.4, -0.2) is 15.8 Å². The molecule has 0 aliphatic carbocycles. The van der Waals surface area contributed by atoms with E-state index < -0.39 is 0 Å². The summed E-state index contributed by atoms with van der Waals surface area (Å²) >= 11 is 0. The van der Waals surface area contributed by atoms with Gasteiger partial charge in [0.2, 0.25) is 5.95 Å². The van der Waals surface area contributed by atoms with E-state index in [1.54, 1.807) is 24.3 Å². The highest BCUT2D eigenvalue weighted by molar-refractivity contribution is 5.86. The Bertz CT molecular complexity index is 778. The fourth-order valence-corrected chi connectivity index (χ4v) is 2.18. The van der Waals surface area contributed by atoms with E-state index in [0.717, 1.165) is 17.4 Å². The predicted molar refractivity (Wildman–Crippen MR) is 75.0 cm³/mol. The van der Waals surface area contributed by atoms with Crippen molar-refractivity contribution in [3.8, 4) is 0 Å². The summed E-state index contributed by atoms with van der Waals surface area (Å²) in [6.07, 6.45) is 0.772. The first-order valence-corrected chi connectivity index (χ1v) is 6.13. The molecule has 0 atom stereocenters. The van der Waals surface area contributed by atoms with Crippen LogP contribution in [0.2, 0.25) is 0 Å². The lowest BCUT2D eigenvalue weighted by Crippen LogP contribution is -2.04. The molecule has 0 amide bonds. The third kappa shape index (κ3) is 2.14. The fourth-order valence-electron chi connectivity index (χ4n) is 2.18. The molecule has 0 aliphatic rings. The van der Waals surface area contributed by atoms with Crippen molar-refractivity contribution in [3.05, 3.63) is 59.4 Å². The zero-order chi connectivity index (χ0) is 14.1. The second kappa shape index (κ2) is 4.77. The summed E-state index contributed by atoms with van der Waals surface area (Å²) in [5.74, 6) is 0.0974. The number of rotatable bonds is 3. The number of imidazole rings is 1. The molecule has 0 radical (unpaired) electrons. The zero-order valence-electron chi connectivity index (χ0n) is 10.6. The fraction of sp³-hybridized carbons (Fsp3) is 0.0667. The lowest BCUT2D eigenvalue weighted by Gasteiger charge is -2.06. The molecule has 0 unspecified atom stereocenters. The third-order valence-electron chi connectivity index (χ3n) is 3.19. The largest absolute Gasteiger partial charge is 0.369 e. The molecule has 0 fully saturated rings. The number of aromatic nitrogens is 2. The molecule has 1 heterocycles. The lowest BCUT2D eigenvalue weighted by molar-refractivity contribution is 0.112. The van der Waals surface area contributed by atoms with Gasteiger partial charge in [-0.05, 0) is 35.9 Å². The van der Waals surface area contributed by atoms with E-state index in [0.29, 0.717) is 23.6 Å². The average molecular weight is 269 g/mol. The minimum atomic E-state index is -0.271. The molecule has 20 heavy (non-hydrogen) atoms. The monoisotopic (exact) mass is 269 g/mol. The van der Waals surface area contributed by atoms with Crippen molar-refractivity contribution in [2.24, 2.45) is 0 Å². The number of halogens is 1. The Kier molecular flexibility index (Phi) is 2.95. The molecule has 100 valence electrons. The quantitative estimate of drug-likeness (QED) is 0.743. The minimum Gasteiger partial charge on any atom is -0.369 e. The van der Waals surface area contributed by atoms with Crippen molar-refractivity contribution in [2.75, 3.05) is 5.73 Å². The van der Waals surface area contributed by atoms with Gasteiger partial charge in [0, 0.05) is 5.56 Å². The molecule has 0 saturated heterocycles. The van der Waals surface area contributed by atoms with Crippen LogP contribution >= 0.6 is 0 Å². The highest BCUT2D eigenvalue weighted by Crippen LogP contribution is 2.20. The normalized spacial score (nSPS) is 10.8. The van der Waals surface area contributed by atoms with Gasteiger partial charge in [-0.3, -0.25) is 4.79 Å². The van der Waals surface area contributed by atoms with Crippen molar-refractivity contribution in [1.82, 2.24) is 9.55 Å². The minimum absolute atomic E-state index is 0.271. The van der Waals surface area contributed by atoms with Crippen LogP contribution in [0, 0.1) is 5.82 Å². The van der Waals surface area contributed by atoms with Crippen LogP contribution in [0.3, 0.4) is 0 Å². The standard InChI is InChI=1S/C15H12FN3O/c16-12-4-1-10(2-5-12)8-19-14-6-3-11(9-20)7-13(14)18-15(19)17/h1-7,9H,8H2,(H2,17,18). The SMILES string of the molecule is Nc1nc2cc(C=O)ccc2n1Cc1ccc(F)cc1. The molecule has 0 aliphatic heterocycles. The van der Waals surface area contributed by atoms with Crippen molar-refractivity contribution in [2.45, 2.75) is 6.54 Å². The highest BCUT2D eigenvalue weighted by atomic mass is 19.1. The van der Waals surface area contributed by atoms with Gasteiger partial charge >= 0.3 is 0 Å². The van der Waals surface area contributed by atoms with Crippen LogP contribution in [0.4, 0.5) is 10.3 Å². The number of fused-ring (bicyclic) bond motifs is 1. The van der Waals surface area contributed by atoms with Gasteiger partial charge in [-0.15, -0.1) is 0 Å². The van der Waals surface area contributed by atoms with Crippen LogP contribution < -0.4 is 5.73 Å². The van der Waals surface area contributed by atoms with E-state index in [1.807, 2.05) is 10.6 Å². The van der Waals surface area contributed by atoms with Crippen molar-refractivity contribution in [3.63, 3.8) is 0 Å². The maximum atomic E-state index is 12.9. The van der Waals surface area contributed by atoms with E-state index in [1.165, 1.54) is 12.1 Å². The van der Waals surface area contributed by atoms with Gasteiger partial charge in [0.1, 0.15) is 12.1 Å². The highest BCUT2D eigenvalue weighted by Gasteiger charge is 2.09. The Morgan fingerprint density at radius 2 is 1.95 bits per heavy atom. The van der Waals surface area contributed by atoms with Crippen LogP contribution in [0.25, 0.3) is 11.0 Å². The summed E-state index contributed by atoms with van der Waals surface area (Å²) in [6.45, 7) is 0.503. The number of aldehydes is 1. The number of hydrogen-bond acceptors (Lipinski definition) is 3. The first kappa shape index (κ1) is 12.3. The average Bonchev–Trinajstić information content (AvgIpc) is 2.76. The van der Waals surface area contributed by atoms with E-state index >= 15 is 0 Å². The lowest BCUT2D eigenvalue weighted by atomic mass is 10.2. The Hall–Kier alpha value is -2.69. The first-order valence-electron chi connectivity index (χ1n) is 6.13. The smallest absolute Gasteiger partial charge is 0.201 e. The van der Waals surface area contributed by atoms with Crippen molar-refractivity contribution in [1.29, 1.82) is 0 Å². The molecule has 2 aromatic carbocycles. The van der Waals surface area contributed by atoms with Gasteiger partial charge in [-0.1, -0.05) is 12.1 Å². The van der Waals surface area contributed by atoms with E-state index in [-0.39, 0.29) is 5.82 Å². The number of carbonyl (C=O) groups excluding carboxylic acids is 1. The molecule has 4 nitrogen and oxygen atoms in total. The Morgan fingerprint density at radius 3 is 2.65 bits per heavy atom. The number of carbonyl (C=O) groups is 1. The Labute approximate surface area is 114 Å². The van der Waals surface area contributed by atoms with Crippen molar-refractivity contribution >= 4 is 23.3 Å². The molecule has 0 bridgehead atoms. The van der Waals surface area contributed by atoms with Gasteiger partial charge in [0.25, 0.3) is 0 Å². The molecule has 0 spiro atoms. The van der Waals surface area contributed by atoms with Gasteiger partial charge in [0.05, 0.1) is 17.6 Å². The second-order valence-electron chi connectivity index (χ2n) is 4.55. The second-order valence-corrected chi connectivity index (χ2v) is 4.55. The number of nitrogen functional groups attached to an aromatic ring is 1. The maximum absolute atomic E-state index is 12.9. The van der Waals surface area contributed by atoms with E-state index in [2.05, 4.69) is 4.98 Å². The van der Waals surface area contributed by atoms with Crippen LogP contribution in [-0.2, 0) is 6.54 Å². The zero-order valence-corrected chi connectivity index (χ0v) is 10.6. The van der Waals surface area contributed by atoms with Gasteiger partial charge < -0.3 is 10.3 Å². The molecule has 5 heteroatoms. The van der Waals surface area contributed by atoms with Crippen LogP contribution in [0.5, 0.6) is 0 Å². The summed E-state index contributed by atoms with van der Waals surface area (Å²) in [4.78, 5) is 15.0. The third-order valence-corrected chi connectivity index (χ3v) is 3.19. The summed E-state index contributed by atoms with van der Waals surface area (Å²) in [5.41, 5.74) is 8.92. The molecular weight excluding hydrogens is 257 g/mol. The summed E-state index contributed by atoms with van der Waals surface area (Å²) in [6, 6.07) is 11.5. The van der Waals surface area contributed by atoms with Crippen molar-refractivity contribution < 1.29 is 9.18 Å². The Morgan fingerprint density at radius 1 is 1.20 bits per heavy atom. The summed E-state index contributed by atoms with van der Waals surface area (Å²) in [5, 5.41) is 0. The van der Waals surface area contributed by atoms with Crippen LogP contribution in [0.15, 0.2) is 42.5 Å². The molecular formula is C15H12FN3O. The molecule has 3 rings (SSSR count). The van der Waals surface area contributed by atoms with Gasteiger partial charge in [-0.2, -0.15) is 0 Å². The van der Waals surface area contributed by atoms with Crippen LogP contribution in [0.1, 0.15) is 15.9 Å². The number of nitrogens with two attached hydrogens (primary N) is 1. The molecule has 2 N–H and O–H groups in total. The molecule has 3 aromatic rings. The predicted octanol–water partition coefficient (Wildman–Crippen LogP) is 2.62. The number of anilines is 1.